The second-order valence-corrected chi connectivity index (χ2v) is 25.1. The summed E-state index contributed by atoms with van der Waals surface area (Å²) < 4.78 is 27.3. The molecule has 3 rings (SSSR count). The van der Waals surface area contributed by atoms with Gasteiger partial charge in [-0.2, -0.15) is 4.68 Å². The molecule has 1 aliphatic rings. The van der Waals surface area contributed by atoms with Crippen LogP contribution in [0.25, 0.3) is 11.4 Å². The minimum Gasteiger partial charge on any atom is -0.399 e. The molecule has 212 valence electrons. The molecule has 0 unspecified atom stereocenters. The Morgan fingerprint density at radius 2 is 1.42 bits per heavy atom. The van der Waals surface area contributed by atoms with Gasteiger partial charge in [-0.1, -0.05) is 57.5 Å². The second kappa shape index (κ2) is 11.5. The standard InChI is InChI=1S/C27H48BN3O5Si2/c1-21-18-22(28-35-26(2,3)27(4,5)36-28)12-13-23(21)24-29-31(20-34-15-17-38(9,10)11)25(32)30(24)19-33-14-16-37(6,7)8/h12-13,18H,14-17,19-20H2,1-11H3. The number of benzene rings is 1. The van der Waals surface area contributed by atoms with Crippen molar-refractivity contribution in [3.05, 3.63) is 34.2 Å². The highest BCUT2D eigenvalue weighted by molar-refractivity contribution is 6.76. The Labute approximate surface area is 231 Å². The molecule has 0 amide bonds. The number of hydrogen-bond donors (Lipinski definition) is 0. The molecule has 0 saturated carbocycles. The van der Waals surface area contributed by atoms with Crippen molar-refractivity contribution in [1.29, 1.82) is 0 Å². The Bertz CT molecular complexity index is 1150. The lowest BCUT2D eigenvalue weighted by Gasteiger charge is -2.32. The fourth-order valence-electron chi connectivity index (χ4n) is 3.97. The van der Waals surface area contributed by atoms with Gasteiger partial charge in [-0.25, -0.2) is 4.79 Å². The van der Waals surface area contributed by atoms with E-state index in [9.17, 15) is 4.79 Å². The van der Waals surface area contributed by atoms with E-state index < -0.39 is 34.5 Å². The van der Waals surface area contributed by atoms with Gasteiger partial charge in [-0.15, -0.1) is 5.10 Å². The molecule has 0 atom stereocenters. The van der Waals surface area contributed by atoms with Crippen molar-refractivity contribution in [1.82, 2.24) is 14.3 Å². The summed E-state index contributed by atoms with van der Waals surface area (Å²) in [6.07, 6.45) is 0. The van der Waals surface area contributed by atoms with Crippen LogP contribution in [0.2, 0.25) is 51.4 Å². The van der Waals surface area contributed by atoms with Crippen LogP contribution < -0.4 is 11.2 Å². The van der Waals surface area contributed by atoms with Crippen molar-refractivity contribution >= 4 is 28.7 Å². The summed E-state index contributed by atoms with van der Waals surface area (Å²) in [4.78, 5) is 13.4. The molecule has 11 heteroatoms. The van der Waals surface area contributed by atoms with E-state index in [1.54, 1.807) is 4.57 Å². The van der Waals surface area contributed by atoms with Crippen LogP contribution in [0, 0.1) is 6.92 Å². The Kier molecular flexibility index (Phi) is 9.43. The van der Waals surface area contributed by atoms with Gasteiger partial charge in [0.1, 0.15) is 13.5 Å². The van der Waals surface area contributed by atoms with Gasteiger partial charge in [0, 0.05) is 34.9 Å². The first-order valence-corrected chi connectivity index (χ1v) is 21.1. The molecule has 2 aromatic rings. The lowest BCUT2D eigenvalue weighted by molar-refractivity contribution is 0.00578. The molecule has 38 heavy (non-hydrogen) atoms. The molecule has 1 aromatic carbocycles. The number of rotatable bonds is 12. The smallest absolute Gasteiger partial charge is 0.399 e. The number of hydrogen-bond acceptors (Lipinski definition) is 6. The molecule has 0 spiro atoms. The molecule has 1 aromatic heterocycles. The molecule has 1 saturated heterocycles. The number of aryl methyl sites for hydroxylation is 1. The van der Waals surface area contributed by atoms with Crippen molar-refractivity contribution in [2.24, 2.45) is 0 Å². The Morgan fingerprint density at radius 1 is 0.895 bits per heavy atom. The third-order valence-electron chi connectivity index (χ3n) is 7.37. The van der Waals surface area contributed by atoms with Crippen molar-refractivity contribution in [2.75, 3.05) is 13.2 Å². The maximum atomic E-state index is 13.4. The number of ether oxygens (including phenoxy) is 2. The fourth-order valence-corrected chi connectivity index (χ4v) is 5.48. The molecule has 0 N–H and O–H groups in total. The highest BCUT2D eigenvalue weighted by atomic mass is 28.3. The molecular formula is C27H48BN3O5Si2. The van der Waals surface area contributed by atoms with E-state index in [1.165, 1.54) is 4.68 Å². The SMILES string of the molecule is Cc1cc(B2OC(C)(C)C(C)(C)O2)ccc1-c1nn(COCC[Si](C)(C)C)c(=O)n1COCC[Si](C)(C)C. The quantitative estimate of drug-likeness (QED) is 0.270. The second-order valence-electron chi connectivity index (χ2n) is 13.9. The third kappa shape index (κ3) is 7.79. The molecular weight excluding hydrogens is 513 g/mol. The zero-order valence-corrected chi connectivity index (χ0v) is 27.4. The van der Waals surface area contributed by atoms with Crippen LogP contribution in [-0.2, 0) is 32.2 Å². The Morgan fingerprint density at radius 3 is 1.92 bits per heavy atom. The molecule has 2 heterocycles. The van der Waals surface area contributed by atoms with Gasteiger partial charge in [0.2, 0.25) is 0 Å². The van der Waals surface area contributed by atoms with Crippen LogP contribution >= 0.6 is 0 Å². The van der Waals surface area contributed by atoms with Crippen LogP contribution in [0.3, 0.4) is 0 Å². The fraction of sp³-hybridized carbons (Fsp3) is 0.704. The average molecular weight is 562 g/mol. The largest absolute Gasteiger partial charge is 0.494 e. The minimum atomic E-state index is -1.24. The lowest BCUT2D eigenvalue weighted by atomic mass is 9.78. The summed E-state index contributed by atoms with van der Waals surface area (Å²) in [5, 5.41) is 4.70. The first kappa shape index (κ1) is 31.0. The minimum absolute atomic E-state index is 0.128. The van der Waals surface area contributed by atoms with Crippen molar-refractivity contribution in [3.8, 4) is 11.4 Å². The van der Waals surface area contributed by atoms with Crippen LogP contribution in [0.4, 0.5) is 0 Å². The topological polar surface area (TPSA) is 76.7 Å². The zero-order chi connectivity index (χ0) is 28.5. The van der Waals surface area contributed by atoms with Gasteiger partial charge in [0.05, 0.1) is 11.2 Å². The van der Waals surface area contributed by atoms with Crippen molar-refractivity contribution < 1.29 is 18.8 Å². The summed E-state index contributed by atoms with van der Waals surface area (Å²) in [5.74, 6) is 0.578. The monoisotopic (exact) mass is 561 g/mol. The predicted octanol–water partition coefficient (Wildman–Crippen LogP) is 4.94. The number of aromatic nitrogens is 3. The summed E-state index contributed by atoms with van der Waals surface area (Å²) in [6.45, 7) is 25.6. The average Bonchev–Trinajstić information content (AvgIpc) is 3.18. The lowest BCUT2D eigenvalue weighted by Crippen LogP contribution is -2.41. The van der Waals surface area contributed by atoms with Crippen molar-refractivity contribution in [2.45, 2.75) is 111 Å². The van der Waals surface area contributed by atoms with Crippen LogP contribution in [-0.4, -0.2) is 62.0 Å². The zero-order valence-electron chi connectivity index (χ0n) is 25.4. The molecule has 0 bridgehead atoms. The van der Waals surface area contributed by atoms with E-state index in [2.05, 4.69) is 45.3 Å². The van der Waals surface area contributed by atoms with Gasteiger partial charge in [-0.05, 0) is 57.7 Å². The van der Waals surface area contributed by atoms with E-state index in [0.29, 0.717) is 19.0 Å². The summed E-state index contributed by atoms with van der Waals surface area (Å²) in [5.41, 5.74) is 1.75. The van der Waals surface area contributed by atoms with E-state index in [-0.39, 0.29) is 19.2 Å². The summed E-state index contributed by atoms with van der Waals surface area (Å²) >= 11 is 0. The Hall–Kier alpha value is -1.50. The van der Waals surface area contributed by atoms with E-state index in [1.807, 2.05) is 46.8 Å². The van der Waals surface area contributed by atoms with Gasteiger partial charge in [0.15, 0.2) is 5.82 Å². The van der Waals surface area contributed by atoms with Gasteiger partial charge in [0.25, 0.3) is 0 Å². The first-order chi connectivity index (χ1) is 17.4. The van der Waals surface area contributed by atoms with Crippen LogP contribution in [0.15, 0.2) is 23.0 Å². The molecule has 0 radical (unpaired) electrons. The third-order valence-corrected chi connectivity index (χ3v) is 10.8. The van der Waals surface area contributed by atoms with Gasteiger partial charge >= 0.3 is 12.8 Å². The normalized spacial score (nSPS) is 17.4. The van der Waals surface area contributed by atoms with Crippen molar-refractivity contribution in [3.63, 3.8) is 0 Å². The molecule has 8 nitrogen and oxygen atoms in total. The van der Waals surface area contributed by atoms with E-state index in [0.717, 1.165) is 28.7 Å². The van der Waals surface area contributed by atoms with Crippen LogP contribution in [0.5, 0.6) is 0 Å². The highest BCUT2D eigenvalue weighted by Gasteiger charge is 2.51. The summed E-state index contributed by atoms with van der Waals surface area (Å²) in [6, 6.07) is 8.12. The van der Waals surface area contributed by atoms with Gasteiger partial charge in [-0.3, -0.25) is 4.57 Å². The maximum Gasteiger partial charge on any atom is 0.494 e. The maximum absolute atomic E-state index is 13.4. The summed E-state index contributed by atoms with van der Waals surface area (Å²) in [7, 11) is -2.91. The van der Waals surface area contributed by atoms with Gasteiger partial charge < -0.3 is 18.8 Å². The highest BCUT2D eigenvalue weighted by Crippen LogP contribution is 2.36. The number of nitrogens with zero attached hydrogens (tertiary/aromatic N) is 3. The predicted molar refractivity (Wildman–Crippen MR) is 161 cm³/mol. The first-order valence-electron chi connectivity index (χ1n) is 13.7. The van der Waals surface area contributed by atoms with E-state index >= 15 is 0 Å². The van der Waals surface area contributed by atoms with Crippen LogP contribution in [0.1, 0.15) is 33.3 Å². The van der Waals surface area contributed by atoms with E-state index in [4.69, 9.17) is 23.9 Å². The Balaban J connectivity index is 1.86. The molecule has 0 aliphatic carbocycles. The molecule has 1 aliphatic heterocycles. The molecule has 1 fully saturated rings.